The van der Waals surface area contributed by atoms with Gasteiger partial charge in [0.05, 0.1) is 37.6 Å². The van der Waals surface area contributed by atoms with Gasteiger partial charge < -0.3 is 23.8 Å². The van der Waals surface area contributed by atoms with Gasteiger partial charge in [0.25, 0.3) is 5.88 Å². The molecule has 3 aromatic rings. The molecule has 4 rings (SSSR count). The molecule has 0 aliphatic carbocycles. The zero-order valence-electron chi connectivity index (χ0n) is 19.2. The topological polar surface area (TPSA) is 57.5 Å². The second kappa shape index (κ2) is 9.77. The summed E-state index contributed by atoms with van der Waals surface area (Å²) in [5, 5.41) is 7.55. The minimum absolute atomic E-state index is 0.401. The van der Waals surface area contributed by atoms with Crippen LogP contribution in [-0.2, 0) is 4.74 Å². The Morgan fingerprint density at radius 2 is 1.97 bits per heavy atom. The Morgan fingerprint density at radius 1 is 1.22 bits per heavy atom. The van der Waals surface area contributed by atoms with Crippen LogP contribution < -0.4 is 19.1 Å². The maximum absolute atomic E-state index is 6.43. The van der Waals surface area contributed by atoms with Crippen LogP contribution in [-0.4, -0.2) is 56.7 Å². The zero-order chi connectivity index (χ0) is 22.8. The molecule has 1 saturated heterocycles. The van der Waals surface area contributed by atoms with Crippen LogP contribution in [0, 0.1) is 6.92 Å². The fourth-order valence-corrected chi connectivity index (χ4v) is 5.61. The lowest BCUT2D eigenvalue weighted by atomic mass is 10.1. The summed E-state index contributed by atoms with van der Waals surface area (Å²) in [5.41, 5.74) is 3.61. The molecule has 0 N–H and O–H groups in total. The van der Waals surface area contributed by atoms with Gasteiger partial charge in [0.2, 0.25) is 0 Å². The Hall–Kier alpha value is -2.16. The van der Waals surface area contributed by atoms with Crippen molar-refractivity contribution in [2.45, 2.75) is 39.2 Å². The predicted molar refractivity (Wildman–Crippen MR) is 129 cm³/mol. The molecule has 0 spiro atoms. The van der Waals surface area contributed by atoms with E-state index in [1.54, 1.807) is 32.7 Å². The summed E-state index contributed by atoms with van der Waals surface area (Å²) in [6.07, 6.45) is 3.03. The zero-order valence-corrected chi connectivity index (χ0v) is 20.8. The van der Waals surface area contributed by atoms with Gasteiger partial charge >= 0.3 is 0 Å². The summed E-state index contributed by atoms with van der Waals surface area (Å²) >= 11 is 8.07. The van der Waals surface area contributed by atoms with Crippen LogP contribution in [0.3, 0.4) is 0 Å². The highest BCUT2D eigenvalue weighted by Crippen LogP contribution is 2.47. The number of rotatable bonds is 8. The third kappa shape index (κ3) is 3.89. The molecule has 9 heteroatoms. The van der Waals surface area contributed by atoms with Crippen molar-refractivity contribution in [3.63, 3.8) is 0 Å². The van der Waals surface area contributed by atoms with E-state index >= 15 is 0 Å². The van der Waals surface area contributed by atoms with E-state index < -0.39 is 0 Å². The van der Waals surface area contributed by atoms with Gasteiger partial charge in [0.1, 0.15) is 22.0 Å². The average Bonchev–Trinajstić information content (AvgIpc) is 3.38. The summed E-state index contributed by atoms with van der Waals surface area (Å²) in [4.78, 5) is 3.49. The molecule has 7 nitrogen and oxygen atoms in total. The Morgan fingerprint density at radius 3 is 2.59 bits per heavy atom. The minimum atomic E-state index is 0.401. The Bertz CT molecular complexity index is 1090. The van der Waals surface area contributed by atoms with Crippen molar-refractivity contribution in [3.05, 3.63) is 22.0 Å². The maximum atomic E-state index is 6.43. The van der Waals surface area contributed by atoms with Crippen molar-refractivity contribution in [3.8, 4) is 28.6 Å². The predicted octanol–water partition coefficient (Wildman–Crippen LogP) is 5.45. The second-order valence-electron chi connectivity index (χ2n) is 7.83. The lowest BCUT2D eigenvalue weighted by Gasteiger charge is -2.35. The monoisotopic (exact) mass is 479 g/mol. The Labute approximate surface area is 197 Å². The number of nitrogens with zero attached hydrogens (tertiary/aromatic N) is 3. The summed E-state index contributed by atoms with van der Waals surface area (Å²) < 4.78 is 24.8. The fraction of sp³-hybridized carbons (Fsp3) is 0.522. The molecule has 1 aromatic carbocycles. The number of fused-ring (bicyclic) bond motifs is 1. The van der Waals surface area contributed by atoms with Crippen LogP contribution in [0.5, 0.6) is 17.4 Å². The molecule has 1 aliphatic heterocycles. The van der Waals surface area contributed by atoms with Crippen LogP contribution >= 0.6 is 22.9 Å². The number of halogens is 1. The molecule has 1 fully saturated rings. The molecule has 0 unspecified atom stereocenters. The van der Waals surface area contributed by atoms with Gasteiger partial charge in [-0.25, -0.2) is 4.52 Å². The third-order valence-corrected chi connectivity index (χ3v) is 7.31. The highest BCUT2D eigenvalue weighted by molar-refractivity contribution is 7.16. The number of benzene rings is 1. The molecule has 3 heterocycles. The average molecular weight is 480 g/mol. The van der Waals surface area contributed by atoms with E-state index in [0.717, 1.165) is 66.4 Å². The first-order valence-corrected chi connectivity index (χ1v) is 12.1. The highest BCUT2D eigenvalue weighted by atomic mass is 35.5. The molecule has 0 amide bonds. The van der Waals surface area contributed by atoms with E-state index in [9.17, 15) is 0 Å². The van der Waals surface area contributed by atoms with E-state index in [1.165, 1.54) is 0 Å². The smallest absolute Gasteiger partial charge is 0.258 e. The van der Waals surface area contributed by atoms with E-state index in [4.69, 9.17) is 35.6 Å². The Balaban J connectivity index is 1.91. The molecule has 0 saturated carbocycles. The van der Waals surface area contributed by atoms with Crippen LogP contribution in [0.2, 0.25) is 5.02 Å². The Kier molecular flexibility index (Phi) is 7.02. The molecular weight excluding hydrogens is 450 g/mol. The second-order valence-corrected chi connectivity index (χ2v) is 9.09. The first-order valence-electron chi connectivity index (χ1n) is 10.9. The third-order valence-electron chi connectivity index (χ3n) is 5.99. The summed E-state index contributed by atoms with van der Waals surface area (Å²) in [6, 6.07) is 2.23. The van der Waals surface area contributed by atoms with E-state index in [-0.39, 0.29) is 0 Å². The quantitative estimate of drug-likeness (QED) is 0.428. The lowest BCUT2D eigenvalue weighted by molar-refractivity contribution is 0.0843. The largest absolute Gasteiger partial charge is 0.496 e. The molecule has 2 aromatic heterocycles. The molecule has 1 aliphatic rings. The summed E-state index contributed by atoms with van der Waals surface area (Å²) in [5.74, 6) is 1.95. The van der Waals surface area contributed by atoms with Crippen LogP contribution in [0.25, 0.3) is 16.1 Å². The van der Waals surface area contributed by atoms with E-state index in [1.807, 2.05) is 17.5 Å². The van der Waals surface area contributed by atoms with Gasteiger partial charge in [-0.15, -0.1) is 16.4 Å². The molecule has 0 radical (unpaired) electrons. The van der Waals surface area contributed by atoms with Gasteiger partial charge in [-0.3, -0.25) is 0 Å². The van der Waals surface area contributed by atoms with Crippen LogP contribution in [0.4, 0.5) is 5.69 Å². The van der Waals surface area contributed by atoms with Crippen molar-refractivity contribution in [1.82, 2.24) is 9.61 Å². The highest BCUT2D eigenvalue weighted by Gasteiger charge is 2.30. The van der Waals surface area contributed by atoms with Crippen molar-refractivity contribution in [2.75, 3.05) is 46.0 Å². The molecule has 0 bridgehead atoms. The van der Waals surface area contributed by atoms with Crippen LogP contribution in [0.15, 0.2) is 11.4 Å². The first kappa shape index (κ1) is 23.0. The SMILES string of the molecule is CCCN(c1c(OC)nn2c(-c3c(OC)cc(Cl)c(C)c3OC)csc12)C1CCOCC1. The van der Waals surface area contributed by atoms with Gasteiger partial charge in [-0.1, -0.05) is 18.5 Å². The molecular formula is C23H30ClN3O4S. The van der Waals surface area contributed by atoms with Gasteiger partial charge in [0, 0.05) is 36.7 Å². The number of hydrogen-bond donors (Lipinski definition) is 0. The van der Waals surface area contributed by atoms with E-state index in [2.05, 4.69) is 17.2 Å². The lowest BCUT2D eigenvalue weighted by Crippen LogP contribution is -2.40. The fourth-order valence-electron chi connectivity index (χ4n) is 4.43. The molecule has 0 atom stereocenters. The molecule has 32 heavy (non-hydrogen) atoms. The minimum Gasteiger partial charge on any atom is -0.496 e. The van der Waals surface area contributed by atoms with Gasteiger partial charge in [0.15, 0.2) is 0 Å². The van der Waals surface area contributed by atoms with Crippen molar-refractivity contribution < 1.29 is 18.9 Å². The maximum Gasteiger partial charge on any atom is 0.258 e. The van der Waals surface area contributed by atoms with Gasteiger partial charge in [-0.2, -0.15) is 0 Å². The number of ether oxygens (including phenoxy) is 4. The number of anilines is 1. The number of methoxy groups -OCH3 is 3. The number of aromatic nitrogens is 2. The normalized spacial score (nSPS) is 14.7. The van der Waals surface area contributed by atoms with Crippen molar-refractivity contribution in [1.29, 1.82) is 0 Å². The summed E-state index contributed by atoms with van der Waals surface area (Å²) in [7, 11) is 4.96. The van der Waals surface area contributed by atoms with E-state index in [0.29, 0.717) is 28.4 Å². The summed E-state index contributed by atoms with van der Waals surface area (Å²) in [6.45, 7) is 6.64. The van der Waals surface area contributed by atoms with Gasteiger partial charge in [-0.05, 0) is 32.3 Å². The van der Waals surface area contributed by atoms with Crippen molar-refractivity contribution >= 4 is 33.5 Å². The number of hydrogen-bond acceptors (Lipinski definition) is 7. The standard InChI is InChI=1S/C23H30ClN3O4S/c1-6-9-26(15-7-10-31-11-8-15)20-22(30-5)25-27-17(13-32-23(20)27)19-18(28-3)12-16(24)14(2)21(19)29-4/h12-13,15H,6-11H2,1-5H3. The van der Waals surface area contributed by atoms with Crippen LogP contribution in [0.1, 0.15) is 31.7 Å². The first-order chi connectivity index (χ1) is 15.5. The number of thiazole rings is 1. The van der Waals surface area contributed by atoms with Crippen molar-refractivity contribution in [2.24, 2.45) is 0 Å². The molecule has 174 valence electrons.